The second kappa shape index (κ2) is 5.58. The maximum Gasteiger partial charge on any atom is 0.0410 e. The largest absolute Gasteiger partial charge is 0.301 e. The monoisotopic (exact) mass is 262 g/mol. The molecule has 1 aromatic rings. The number of hydrogen-bond donors (Lipinski definition) is 0. The first-order valence-electron chi connectivity index (χ1n) is 4.06. The van der Waals surface area contributed by atoms with E-state index in [1.165, 1.54) is 5.56 Å². The zero-order valence-corrected chi connectivity index (χ0v) is 9.85. The lowest BCUT2D eigenvalue weighted by Crippen LogP contribution is -2.20. The van der Waals surface area contributed by atoms with Crippen LogP contribution in [0.2, 0.25) is 0 Å². The van der Waals surface area contributed by atoms with Gasteiger partial charge in [-0.05, 0) is 34.6 Å². The van der Waals surface area contributed by atoms with Crippen LogP contribution < -0.4 is 0 Å². The van der Waals surface area contributed by atoms with Crippen LogP contribution in [0, 0.1) is 0 Å². The number of aromatic nitrogens is 1. The molecule has 0 fully saturated rings. The van der Waals surface area contributed by atoms with Crippen LogP contribution in [0.4, 0.5) is 0 Å². The Kier molecular flexibility index (Phi) is 4.70. The Balaban J connectivity index is 2.53. The third-order valence-electron chi connectivity index (χ3n) is 1.68. The van der Waals surface area contributed by atoms with Crippen molar-refractivity contribution in [1.29, 1.82) is 0 Å². The third kappa shape index (κ3) is 4.07. The van der Waals surface area contributed by atoms with E-state index in [1.54, 1.807) is 6.20 Å². The van der Waals surface area contributed by atoms with Crippen LogP contribution in [0.1, 0.15) is 5.56 Å². The average Bonchev–Trinajstić information content (AvgIpc) is 2.04. The van der Waals surface area contributed by atoms with Gasteiger partial charge in [-0.3, -0.25) is 4.98 Å². The molecular formula is C9H12BrClN2. The van der Waals surface area contributed by atoms with E-state index in [0.717, 1.165) is 17.6 Å². The van der Waals surface area contributed by atoms with Gasteiger partial charge >= 0.3 is 0 Å². The lowest BCUT2D eigenvalue weighted by Gasteiger charge is -2.14. The number of nitrogens with zero attached hydrogens (tertiary/aromatic N) is 2. The third-order valence-corrected chi connectivity index (χ3v) is 2.28. The van der Waals surface area contributed by atoms with Gasteiger partial charge in [0.1, 0.15) is 0 Å². The van der Waals surface area contributed by atoms with Gasteiger partial charge in [0, 0.05) is 35.8 Å². The van der Waals surface area contributed by atoms with Crippen LogP contribution in [0.25, 0.3) is 0 Å². The zero-order chi connectivity index (χ0) is 9.68. The second-order valence-electron chi connectivity index (χ2n) is 2.94. The Labute approximate surface area is 92.0 Å². The minimum Gasteiger partial charge on any atom is -0.301 e. The highest BCUT2D eigenvalue weighted by Crippen LogP contribution is 2.10. The molecule has 13 heavy (non-hydrogen) atoms. The normalized spacial score (nSPS) is 10.8. The Morgan fingerprint density at radius 2 is 2.31 bits per heavy atom. The summed E-state index contributed by atoms with van der Waals surface area (Å²) in [4.78, 5) is 6.25. The molecule has 0 bridgehead atoms. The first kappa shape index (κ1) is 11.0. The molecule has 72 valence electrons. The molecule has 0 N–H and O–H groups in total. The van der Waals surface area contributed by atoms with Gasteiger partial charge in [-0.2, -0.15) is 0 Å². The fraction of sp³-hybridized carbons (Fsp3) is 0.444. The predicted molar refractivity (Wildman–Crippen MR) is 59.0 cm³/mol. The van der Waals surface area contributed by atoms with Crippen LogP contribution in [0.5, 0.6) is 0 Å². The Morgan fingerprint density at radius 1 is 1.54 bits per heavy atom. The molecule has 0 spiro atoms. The van der Waals surface area contributed by atoms with E-state index in [-0.39, 0.29) is 0 Å². The van der Waals surface area contributed by atoms with E-state index in [9.17, 15) is 0 Å². The van der Waals surface area contributed by atoms with Gasteiger partial charge in [0.25, 0.3) is 0 Å². The molecule has 1 heterocycles. The van der Waals surface area contributed by atoms with Gasteiger partial charge in [0.15, 0.2) is 0 Å². The van der Waals surface area contributed by atoms with Crippen molar-refractivity contribution < 1.29 is 0 Å². The molecule has 0 aliphatic rings. The molecule has 0 saturated heterocycles. The molecule has 0 unspecified atom stereocenters. The fourth-order valence-electron chi connectivity index (χ4n) is 1.08. The topological polar surface area (TPSA) is 16.1 Å². The van der Waals surface area contributed by atoms with Gasteiger partial charge in [-0.1, -0.05) is 0 Å². The summed E-state index contributed by atoms with van der Waals surface area (Å²) in [5.41, 5.74) is 1.20. The van der Waals surface area contributed by atoms with Crippen LogP contribution in [0.15, 0.2) is 22.9 Å². The van der Waals surface area contributed by atoms with Crippen molar-refractivity contribution in [3.8, 4) is 0 Å². The van der Waals surface area contributed by atoms with Crippen molar-refractivity contribution >= 4 is 27.5 Å². The highest BCUT2D eigenvalue weighted by molar-refractivity contribution is 9.10. The number of pyridine rings is 1. The summed E-state index contributed by atoms with van der Waals surface area (Å²) in [6.45, 7) is 1.78. The van der Waals surface area contributed by atoms with Crippen LogP contribution in [-0.2, 0) is 6.54 Å². The molecule has 0 aliphatic carbocycles. The summed E-state index contributed by atoms with van der Waals surface area (Å²) in [6, 6.07) is 2.07. The molecule has 1 rings (SSSR count). The minimum atomic E-state index is 0.665. The average molecular weight is 264 g/mol. The standard InChI is InChI=1S/C9H12BrClN2/c1-13(3-2-11)7-8-4-9(10)6-12-5-8/h4-6H,2-3,7H2,1H3. The molecule has 0 aliphatic heterocycles. The molecule has 2 nitrogen and oxygen atoms in total. The maximum atomic E-state index is 5.63. The lowest BCUT2D eigenvalue weighted by molar-refractivity contribution is 0.347. The van der Waals surface area contributed by atoms with E-state index in [4.69, 9.17) is 11.6 Å². The molecule has 0 atom stereocenters. The summed E-state index contributed by atoms with van der Waals surface area (Å²) in [6.07, 6.45) is 3.65. The van der Waals surface area contributed by atoms with E-state index in [1.807, 2.05) is 13.2 Å². The van der Waals surface area contributed by atoms with E-state index < -0.39 is 0 Å². The second-order valence-corrected chi connectivity index (χ2v) is 4.23. The highest BCUT2D eigenvalue weighted by atomic mass is 79.9. The molecule has 4 heteroatoms. The minimum absolute atomic E-state index is 0.665. The first-order chi connectivity index (χ1) is 6.22. The number of rotatable bonds is 4. The molecule has 0 amide bonds. The number of alkyl halides is 1. The molecule has 0 aromatic carbocycles. The van der Waals surface area contributed by atoms with Gasteiger partial charge in [-0.15, -0.1) is 11.6 Å². The Hall–Kier alpha value is -0.120. The van der Waals surface area contributed by atoms with Crippen LogP contribution >= 0.6 is 27.5 Å². The fourth-order valence-corrected chi connectivity index (χ4v) is 1.78. The van der Waals surface area contributed by atoms with Gasteiger partial charge < -0.3 is 4.90 Å². The summed E-state index contributed by atoms with van der Waals surface area (Å²) < 4.78 is 1.02. The van der Waals surface area contributed by atoms with Gasteiger partial charge in [0.2, 0.25) is 0 Å². The molecule has 1 aromatic heterocycles. The van der Waals surface area contributed by atoms with Crippen LogP contribution in [0.3, 0.4) is 0 Å². The molecule has 0 radical (unpaired) electrons. The summed E-state index contributed by atoms with van der Waals surface area (Å²) in [5.74, 6) is 0.665. The Morgan fingerprint density at radius 3 is 2.92 bits per heavy atom. The maximum absolute atomic E-state index is 5.63. The smallest absolute Gasteiger partial charge is 0.0410 e. The zero-order valence-electron chi connectivity index (χ0n) is 7.50. The van der Waals surface area contributed by atoms with Crippen molar-refractivity contribution in [1.82, 2.24) is 9.88 Å². The number of halogens is 2. The van der Waals surface area contributed by atoms with Crippen molar-refractivity contribution in [2.75, 3.05) is 19.5 Å². The van der Waals surface area contributed by atoms with Crippen LogP contribution in [-0.4, -0.2) is 29.4 Å². The number of hydrogen-bond acceptors (Lipinski definition) is 2. The van der Waals surface area contributed by atoms with Crippen molar-refractivity contribution in [2.45, 2.75) is 6.54 Å². The van der Waals surface area contributed by atoms with E-state index in [0.29, 0.717) is 5.88 Å². The first-order valence-corrected chi connectivity index (χ1v) is 5.39. The lowest BCUT2D eigenvalue weighted by atomic mass is 10.3. The summed E-state index contributed by atoms with van der Waals surface area (Å²) >= 11 is 9.01. The van der Waals surface area contributed by atoms with Crippen molar-refractivity contribution in [3.63, 3.8) is 0 Å². The highest BCUT2D eigenvalue weighted by Gasteiger charge is 1.99. The van der Waals surface area contributed by atoms with Gasteiger partial charge in [-0.25, -0.2) is 0 Å². The molecular weight excluding hydrogens is 251 g/mol. The van der Waals surface area contributed by atoms with Crippen molar-refractivity contribution in [2.24, 2.45) is 0 Å². The Bertz CT molecular complexity index is 268. The molecule has 0 saturated carbocycles. The van der Waals surface area contributed by atoms with Gasteiger partial charge in [0.05, 0.1) is 0 Å². The quantitative estimate of drug-likeness (QED) is 0.776. The van der Waals surface area contributed by atoms with Crippen molar-refractivity contribution in [3.05, 3.63) is 28.5 Å². The van der Waals surface area contributed by atoms with E-state index >= 15 is 0 Å². The SMILES string of the molecule is CN(CCCl)Cc1cncc(Br)c1. The predicted octanol–water partition coefficient (Wildman–Crippen LogP) is 2.51. The summed E-state index contributed by atoms with van der Waals surface area (Å²) in [7, 11) is 2.04. The van der Waals surface area contributed by atoms with E-state index in [2.05, 4.69) is 31.9 Å². The summed E-state index contributed by atoms with van der Waals surface area (Å²) in [5, 5.41) is 0.